The van der Waals surface area contributed by atoms with Crippen LogP contribution >= 0.6 is 0 Å². The molecule has 2 aliphatic rings. The van der Waals surface area contributed by atoms with Gasteiger partial charge in [-0.05, 0) is 18.6 Å². The van der Waals surface area contributed by atoms with Crippen molar-refractivity contribution in [1.82, 2.24) is 0 Å². The molecular weight excluding hydrogens is 335 g/mol. The third kappa shape index (κ3) is 2.92. The highest BCUT2D eigenvalue weighted by Crippen LogP contribution is 2.39. The van der Waals surface area contributed by atoms with Crippen molar-refractivity contribution in [2.75, 3.05) is 31.2 Å². The SMILES string of the molecule is O=S(=O)(c1ccccc1N1CCCC2(C1)OCCO2)C(F)(F)F. The van der Waals surface area contributed by atoms with E-state index in [4.69, 9.17) is 9.47 Å². The van der Waals surface area contributed by atoms with E-state index in [0.29, 0.717) is 32.6 Å². The van der Waals surface area contributed by atoms with Crippen molar-refractivity contribution in [3.8, 4) is 0 Å². The zero-order valence-corrected chi connectivity index (χ0v) is 13.0. The molecule has 128 valence electrons. The summed E-state index contributed by atoms with van der Waals surface area (Å²) in [7, 11) is -5.41. The van der Waals surface area contributed by atoms with Gasteiger partial charge in [0.15, 0.2) is 5.79 Å². The molecule has 1 aromatic carbocycles. The molecule has 2 saturated heterocycles. The summed E-state index contributed by atoms with van der Waals surface area (Å²) in [6.07, 6.45) is 1.28. The van der Waals surface area contributed by atoms with Crippen molar-refractivity contribution in [2.45, 2.75) is 29.0 Å². The summed E-state index contributed by atoms with van der Waals surface area (Å²) in [6, 6.07) is 5.16. The number of rotatable bonds is 2. The number of para-hydroxylation sites is 1. The minimum Gasteiger partial charge on any atom is -0.365 e. The zero-order chi connectivity index (χ0) is 16.7. The lowest BCUT2D eigenvalue weighted by Gasteiger charge is -2.40. The van der Waals surface area contributed by atoms with E-state index in [2.05, 4.69) is 0 Å². The highest BCUT2D eigenvalue weighted by atomic mass is 32.2. The Balaban J connectivity index is 1.98. The first-order valence-corrected chi connectivity index (χ1v) is 8.67. The molecule has 9 heteroatoms. The van der Waals surface area contributed by atoms with Gasteiger partial charge in [-0.3, -0.25) is 0 Å². The van der Waals surface area contributed by atoms with Crippen LogP contribution in [-0.4, -0.2) is 46.0 Å². The Kier molecular flexibility index (Phi) is 4.06. The van der Waals surface area contributed by atoms with E-state index in [9.17, 15) is 21.6 Å². The van der Waals surface area contributed by atoms with Gasteiger partial charge < -0.3 is 14.4 Å². The molecule has 0 aromatic heterocycles. The number of hydrogen-bond acceptors (Lipinski definition) is 5. The summed E-state index contributed by atoms with van der Waals surface area (Å²) in [6.45, 7) is 1.50. The summed E-state index contributed by atoms with van der Waals surface area (Å²) in [5.41, 5.74) is -5.31. The van der Waals surface area contributed by atoms with Gasteiger partial charge in [0.1, 0.15) is 0 Å². The van der Waals surface area contributed by atoms with Crippen LogP contribution in [0.3, 0.4) is 0 Å². The molecule has 5 nitrogen and oxygen atoms in total. The molecule has 0 unspecified atom stereocenters. The molecule has 0 atom stereocenters. The largest absolute Gasteiger partial charge is 0.501 e. The summed E-state index contributed by atoms with van der Waals surface area (Å²) in [5, 5.41) is 0. The van der Waals surface area contributed by atoms with Crippen molar-refractivity contribution >= 4 is 15.5 Å². The Morgan fingerprint density at radius 2 is 1.78 bits per heavy atom. The van der Waals surface area contributed by atoms with Crippen LogP contribution in [0, 0.1) is 0 Å². The van der Waals surface area contributed by atoms with Crippen LogP contribution in [0.2, 0.25) is 0 Å². The third-order valence-electron chi connectivity index (χ3n) is 4.03. The quantitative estimate of drug-likeness (QED) is 0.819. The maximum Gasteiger partial charge on any atom is 0.501 e. The van der Waals surface area contributed by atoms with Crippen molar-refractivity contribution < 1.29 is 31.1 Å². The number of benzene rings is 1. The van der Waals surface area contributed by atoms with E-state index < -0.39 is 26.0 Å². The standard InChI is InChI=1S/C14H16F3NO4S/c15-14(16,17)23(19,20)12-5-2-1-4-11(12)18-7-3-6-13(10-18)21-8-9-22-13/h1-2,4-5H,3,6-10H2. The fraction of sp³-hybridized carbons (Fsp3) is 0.571. The smallest absolute Gasteiger partial charge is 0.365 e. The van der Waals surface area contributed by atoms with Crippen LogP contribution < -0.4 is 4.90 Å². The first-order chi connectivity index (χ1) is 10.8. The first-order valence-electron chi connectivity index (χ1n) is 7.18. The molecule has 23 heavy (non-hydrogen) atoms. The van der Waals surface area contributed by atoms with Crippen molar-refractivity contribution in [1.29, 1.82) is 0 Å². The number of ether oxygens (including phenoxy) is 2. The Hall–Kier alpha value is -1.32. The van der Waals surface area contributed by atoms with Crippen molar-refractivity contribution in [2.24, 2.45) is 0 Å². The molecule has 0 aliphatic carbocycles. The number of anilines is 1. The fourth-order valence-electron chi connectivity index (χ4n) is 3.00. The number of halogens is 3. The number of nitrogens with zero attached hydrogens (tertiary/aromatic N) is 1. The van der Waals surface area contributed by atoms with Crippen LogP contribution in [0.25, 0.3) is 0 Å². The van der Waals surface area contributed by atoms with E-state index in [1.165, 1.54) is 18.2 Å². The van der Waals surface area contributed by atoms with Gasteiger partial charge in [-0.15, -0.1) is 0 Å². The lowest BCUT2D eigenvalue weighted by atomic mass is 10.0. The predicted octanol–water partition coefficient (Wildman–Crippen LogP) is 2.32. The predicted molar refractivity (Wildman–Crippen MR) is 75.8 cm³/mol. The molecular formula is C14H16F3NO4S. The van der Waals surface area contributed by atoms with Gasteiger partial charge in [0.25, 0.3) is 9.84 Å². The van der Waals surface area contributed by atoms with Gasteiger partial charge >= 0.3 is 5.51 Å². The minimum absolute atomic E-state index is 0.0306. The summed E-state index contributed by atoms with van der Waals surface area (Å²) in [5.74, 6) is -0.854. The second-order valence-electron chi connectivity index (χ2n) is 5.55. The van der Waals surface area contributed by atoms with Gasteiger partial charge in [0.2, 0.25) is 0 Å². The highest BCUT2D eigenvalue weighted by Gasteiger charge is 2.49. The van der Waals surface area contributed by atoms with Crippen LogP contribution in [-0.2, 0) is 19.3 Å². The van der Waals surface area contributed by atoms with Crippen LogP contribution in [0.1, 0.15) is 12.8 Å². The summed E-state index contributed by atoms with van der Waals surface area (Å²) >= 11 is 0. The van der Waals surface area contributed by atoms with Crippen LogP contribution in [0.5, 0.6) is 0 Å². The summed E-state index contributed by atoms with van der Waals surface area (Å²) in [4.78, 5) is 0.857. The second-order valence-corrected chi connectivity index (χ2v) is 7.46. The molecule has 0 N–H and O–H groups in total. The molecule has 2 heterocycles. The normalized spacial score (nSPS) is 21.8. The Labute approximate surface area is 131 Å². The van der Waals surface area contributed by atoms with E-state index in [0.717, 1.165) is 6.07 Å². The van der Waals surface area contributed by atoms with Gasteiger partial charge in [0.05, 0.1) is 30.3 Å². The lowest BCUT2D eigenvalue weighted by molar-refractivity contribution is -0.161. The van der Waals surface area contributed by atoms with Crippen molar-refractivity contribution in [3.05, 3.63) is 24.3 Å². The lowest BCUT2D eigenvalue weighted by Crippen LogP contribution is -2.49. The topological polar surface area (TPSA) is 55.8 Å². The minimum atomic E-state index is -5.41. The van der Waals surface area contributed by atoms with E-state index in [1.54, 1.807) is 4.90 Å². The molecule has 1 aromatic rings. The molecule has 0 saturated carbocycles. The average Bonchev–Trinajstić information content (AvgIpc) is 2.94. The summed E-state index contributed by atoms with van der Waals surface area (Å²) < 4.78 is 73.5. The molecule has 0 radical (unpaired) electrons. The van der Waals surface area contributed by atoms with Gasteiger partial charge in [-0.2, -0.15) is 13.2 Å². The average molecular weight is 351 g/mol. The molecule has 0 amide bonds. The van der Waals surface area contributed by atoms with Gasteiger partial charge in [-0.25, -0.2) is 8.42 Å². The fourth-order valence-corrected chi connectivity index (χ4v) is 3.98. The maximum atomic E-state index is 12.9. The maximum absolute atomic E-state index is 12.9. The van der Waals surface area contributed by atoms with Crippen molar-refractivity contribution in [3.63, 3.8) is 0 Å². The third-order valence-corrected chi connectivity index (χ3v) is 5.56. The molecule has 1 spiro atoms. The molecule has 0 bridgehead atoms. The van der Waals surface area contributed by atoms with Crippen LogP contribution in [0.15, 0.2) is 29.2 Å². The van der Waals surface area contributed by atoms with E-state index >= 15 is 0 Å². The highest BCUT2D eigenvalue weighted by molar-refractivity contribution is 7.92. The number of sulfone groups is 1. The van der Waals surface area contributed by atoms with Gasteiger partial charge in [-0.1, -0.05) is 12.1 Å². The Bertz CT molecular complexity index is 684. The Morgan fingerprint density at radius 3 is 2.43 bits per heavy atom. The van der Waals surface area contributed by atoms with E-state index in [-0.39, 0.29) is 12.2 Å². The zero-order valence-electron chi connectivity index (χ0n) is 12.2. The number of piperidine rings is 1. The molecule has 2 fully saturated rings. The van der Waals surface area contributed by atoms with Crippen LogP contribution in [0.4, 0.5) is 18.9 Å². The molecule has 3 rings (SSSR count). The van der Waals surface area contributed by atoms with Gasteiger partial charge in [0, 0.05) is 13.0 Å². The number of alkyl halides is 3. The molecule has 2 aliphatic heterocycles. The van der Waals surface area contributed by atoms with E-state index in [1.807, 2.05) is 0 Å². The first kappa shape index (κ1) is 16.5. The monoisotopic (exact) mass is 351 g/mol. The second kappa shape index (κ2) is 5.64. The Morgan fingerprint density at radius 1 is 1.13 bits per heavy atom. The number of hydrogen-bond donors (Lipinski definition) is 0.